The number of carbonyl (C=O) groups is 2. The summed E-state index contributed by atoms with van der Waals surface area (Å²) in [5, 5.41) is 13.4. The summed E-state index contributed by atoms with van der Waals surface area (Å²) in [6.07, 6.45) is 0.258. The third-order valence-corrected chi connectivity index (χ3v) is 3.39. The molecular formula is C17H16N2O5. The average molecular weight is 328 g/mol. The number of ether oxygens (including phenoxy) is 1. The molecule has 0 aromatic heterocycles. The van der Waals surface area contributed by atoms with Gasteiger partial charge in [0.25, 0.3) is 11.6 Å². The van der Waals surface area contributed by atoms with Crippen LogP contribution >= 0.6 is 0 Å². The van der Waals surface area contributed by atoms with Gasteiger partial charge in [0.05, 0.1) is 12.0 Å². The van der Waals surface area contributed by atoms with Gasteiger partial charge in [0.2, 0.25) is 0 Å². The van der Waals surface area contributed by atoms with E-state index in [-0.39, 0.29) is 17.7 Å². The number of amides is 1. The summed E-state index contributed by atoms with van der Waals surface area (Å²) in [7, 11) is 1.24. The molecule has 0 radical (unpaired) electrons. The summed E-state index contributed by atoms with van der Waals surface area (Å²) in [6, 6.07) is 13.6. The number of nitrogens with zero attached hydrogens (tertiary/aromatic N) is 1. The largest absolute Gasteiger partial charge is 0.467 e. The number of benzene rings is 2. The first kappa shape index (κ1) is 17.1. The van der Waals surface area contributed by atoms with Gasteiger partial charge in [0.1, 0.15) is 6.04 Å². The lowest BCUT2D eigenvalue weighted by molar-refractivity contribution is -0.384. The van der Waals surface area contributed by atoms with E-state index in [9.17, 15) is 19.7 Å². The van der Waals surface area contributed by atoms with Gasteiger partial charge >= 0.3 is 5.97 Å². The Morgan fingerprint density at radius 1 is 1.17 bits per heavy atom. The van der Waals surface area contributed by atoms with Gasteiger partial charge in [-0.2, -0.15) is 0 Å². The molecular weight excluding hydrogens is 312 g/mol. The maximum atomic E-state index is 12.3. The summed E-state index contributed by atoms with van der Waals surface area (Å²) < 4.78 is 4.72. The van der Waals surface area contributed by atoms with Crippen molar-refractivity contribution in [3.63, 3.8) is 0 Å². The zero-order valence-corrected chi connectivity index (χ0v) is 13.0. The predicted octanol–water partition coefficient (Wildman–Crippen LogP) is 2.11. The van der Waals surface area contributed by atoms with Gasteiger partial charge in [-0.1, -0.05) is 36.4 Å². The van der Waals surface area contributed by atoms with Crippen molar-refractivity contribution in [3.05, 3.63) is 75.8 Å². The maximum Gasteiger partial charge on any atom is 0.328 e. The van der Waals surface area contributed by atoms with E-state index in [0.717, 1.165) is 11.6 Å². The first-order chi connectivity index (χ1) is 11.5. The lowest BCUT2D eigenvalue weighted by Gasteiger charge is -2.16. The standard InChI is InChI=1S/C17H16N2O5/c1-24-17(21)15(10-12-6-3-2-4-7-12)18-16(20)13-8-5-9-14(11-13)19(22)23/h2-9,11,15H,10H2,1H3,(H,18,20)/t15-/m1/s1. The quantitative estimate of drug-likeness (QED) is 0.497. The van der Waals surface area contributed by atoms with Gasteiger partial charge in [0, 0.05) is 24.1 Å². The third kappa shape index (κ3) is 4.39. The number of nitro benzene ring substituents is 1. The lowest BCUT2D eigenvalue weighted by Crippen LogP contribution is -2.43. The van der Waals surface area contributed by atoms with Crippen molar-refractivity contribution in [1.82, 2.24) is 5.32 Å². The number of nitrogens with one attached hydrogen (secondary N) is 1. The van der Waals surface area contributed by atoms with Crippen molar-refractivity contribution in [2.24, 2.45) is 0 Å². The van der Waals surface area contributed by atoms with Gasteiger partial charge < -0.3 is 10.1 Å². The van der Waals surface area contributed by atoms with Crippen LogP contribution in [0.3, 0.4) is 0 Å². The van der Waals surface area contributed by atoms with Crippen LogP contribution in [0.15, 0.2) is 54.6 Å². The van der Waals surface area contributed by atoms with Crippen LogP contribution in [-0.2, 0) is 16.0 Å². The molecule has 24 heavy (non-hydrogen) atoms. The highest BCUT2D eigenvalue weighted by Crippen LogP contribution is 2.13. The molecule has 0 bridgehead atoms. The molecule has 0 saturated heterocycles. The van der Waals surface area contributed by atoms with Crippen LogP contribution in [0.5, 0.6) is 0 Å². The second-order valence-corrected chi connectivity index (χ2v) is 5.05. The van der Waals surface area contributed by atoms with Crippen LogP contribution in [0.1, 0.15) is 15.9 Å². The molecule has 1 amide bonds. The fraction of sp³-hybridized carbons (Fsp3) is 0.176. The summed E-state index contributed by atoms with van der Waals surface area (Å²) in [4.78, 5) is 34.4. The fourth-order valence-corrected chi connectivity index (χ4v) is 2.19. The van der Waals surface area contributed by atoms with Gasteiger partial charge in [-0.25, -0.2) is 4.79 Å². The molecule has 0 aliphatic heterocycles. The molecule has 0 spiro atoms. The molecule has 1 atom stereocenters. The van der Waals surface area contributed by atoms with Crippen LogP contribution in [-0.4, -0.2) is 30.0 Å². The number of carbonyl (C=O) groups excluding carboxylic acids is 2. The minimum absolute atomic E-state index is 0.103. The van der Waals surface area contributed by atoms with E-state index >= 15 is 0 Å². The zero-order chi connectivity index (χ0) is 17.5. The summed E-state index contributed by atoms with van der Waals surface area (Å²) >= 11 is 0. The Bertz CT molecular complexity index is 746. The van der Waals surface area contributed by atoms with E-state index in [2.05, 4.69) is 5.32 Å². The predicted molar refractivity (Wildman–Crippen MR) is 86.5 cm³/mol. The minimum Gasteiger partial charge on any atom is -0.467 e. The molecule has 7 nitrogen and oxygen atoms in total. The topological polar surface area (TPSA) is 98.5 Å². The summed E-state index contributed by atoms with van der Waals surface area (Å²) in [5.41, 5.74) is 0.763. The molecule has 2 aromatic rings. The van der Waals surface area contributed by atoms with Crippen LogP contribution in [0.25, 0.3) is 0 Å². The number of non-ortho nitro benzene ring substituents is 1. The van der Waals surface area contributed by atoms with Crippen molar-refractivity contribution in [1.29, 1.82) is 0 Å². The van der Waals surface area contributed by atoms with Gasteiger partial charge in [0.15, 0.2) is 0 Å². The van der Waals surface area contributed by atoms with Crippen LogP contribution in [0.4, 0.5) is 5.69 Å². The van der Waals surface area contributed by atoms with Crippen molar-refractivity contribution >= 4 is 17.6 Å². The normalized spacial score (nSPS) is 11.4. The van der Waals surface area contributed by atoms with E-state index in [1.807, 2.05) is 30.3 Å². The fourth-order valence-electron chi connectivity index (χ4n) is 2.19. The van der Waals surface area contributed by atoms with E-state index < -0.39 is 22.8 Å². The van der Waals surface area contributed by atoms with Gasteiger partial charge in [-0.05, 0) is 11.6 Å². The first-order valence-electron chi connectivity index (χ1n) is 7.18. The number of esters is 1. The maximum absolute atomic E-state index is 12.3. The van der Waals surface area contributed by atoms with E-state index in [1.165, 1.54) is 25.3 Å². The molecule has 2 rings (SSSR count). The van der Waals surface area contributed by atoms with Crippen LogP contribution in [0.2, 0.25) is 0 Å². The van der Waals surface area contributed by atoms with Crippen LogP contribution < -0.4 is 5.32 Å². The Morgan fingerprint density at radius 2 is 1.88 bits per heavy atom. The minimum atomic E-state index is -0.885. The molecule has 7 heteroatoms. The Kier molecular flexibility index (Phi) is 5.62. The van der Waals surface area contributed by atoms with Gasteiger partial charge in [-0.15, -0.1) is 0 Å². The highest BCUT2D eigenvalue weighted by molar-refractivity contribution is 5.97. The smallest absolute Gasteiger partial charge is 0.328 e. The third-order valence-electron chi connectivity index (χ3n) is 3.39. The highest BCUT2D eigenvalue weighted by atomic mass is 16.6. The molecule has 0 aliphatic rings. The van der Waals surface area contributed by atoms with Gasteiger partial charge in [-0.3, -0.25) is 14.9 Å². The molecule has 0 aliphatic carbocycles. The molecule has 124 valence electrons. The zero-order valence-electron chi connectivity index (χ0n) is 13.0. The molecule has 2 aromatic carbocycles. The summed E-state index contributed by atoms with van der Waals surface area (Å²) in [5.74, 6) is -1.16. The first-order valence-corrected chi connectivity index (χ1v) is 7.18. The Labute approximate surface area is 138 Å². The molecule has 1 N–H and O–H groups in total. The number of rotatable bonds is 6. The Balaban J connectivity index is 2.16. The number of nitro groups is 1. The summed E-state index contributed by atoms with van der Waals surface area (Å²) in [6.45, 7) is 0. The van der Waals surface area contributed by atoms with Crippen molar-refractivity contribution in [2.75, 3.05) is 7.11 Å². The monoisotopic (exact) mass is 328 g/mol. The van der Waals surface area contributed by atoms with Crippen molar-refractivity contribution < 1.29 is 19.2 Å². The Hall–Kier alpha value is -3.22. The van der Waals surface area contributed by atoms with E-state index in [1.54, 1.807) is 0 Å². The van der Waals surface area contributed by atoms with E-state index in [0.29, 0.717) is 0 Å². The van der Waals surface area contributed by atoms with Crippen LogP contribution in [0, 0.1) is 10.1 Å². The second kappa shape index (κ2) is 7.87. The van der Waals surface area contributed by atoms with Crippen molar-refractivity contribution in [3.8, 4) is 0 Å². The number of hydrogen-bond acceptors (Lipinski definition) is 5. The average Bonchev–Trinajstić information content (AvgIpc) is 2.61. The highest BCUT2D eigenvalue weighted by Gasteiger charge is 2.23. The Morgan fingerprint density at radius 3 is 2.50 bits per heavy atom. The molecule has 0 heterocycles. The lowest BCUT2D eigenvalue weighted by atomic mass is 10.1. The van der Waals surface area contributed by atoms with Crippen molar-refractivity contribution in [2.45, 2.75) is 12.5 Å². The number of hydrogen-bond donors (Lipinski definition) is 1. The SMILES string of the molecule is COC(=O)[C@@H](Cc1ccccc1)NC(=O)c1cccc([N+](=O)[O-])c1. The van der Waals surface area contributed by atoms with E-state index in [4.69, 9.17) is 4.74 Å². The molecule has 0 unspecified atom stereocenters. The second-order valence-electron chi connectivity index (χ2n) is 5.05. The molecule has 0 fully saturated rings. The molecule has 0 saturated carbocycles. The number of methoxy groups -OCH3 is 1.